The van der Waals surface area contributed by atoms with Crippen molar-refractivity contribution in [2.24, 2.45) is 0 Å². The number of aromatic nitrogens is 2. The maximum Gasteiger partial charge on any atom is 0.268 e. The number of nitrogens with zero attached hydrogens (tertiary/aromatic N) is 4. The van der Waals surface area contributed by atoms with E-state index >= 15 is 0 Å². The second-order valence-electron chi connectivity index (χ2n) is 5.94. The number of amides is 1. The van der Waals surface area contributed by atoms with Crippen LogP contribution in [0.1, 0.15) is 11.6 Å². The Morgan fingerprint density at radius 3 is 2.85 bits per heavy atom. The van der Waals surface area contributed by atoms with E-state index in [-0.39, 0.29) is 5.91 Å². The van der Waals surface area contributed by atoms with Crippen LogP contribution < -0.4 is 0 Å². The molecule has 26 heavy (non-hydrogen) atoms. The molecule has 1 aliphatic rings. The molecule has 3 aromatic rings. The summed E-state index contributed by atoms with van der Waals surface area (Å²) < 4.78 is 10.5. The summed E-state index contributed by atoms with van der Waals surface area (Å²) in [5.41, 5.74) is 0. The number of carbonyl (C=O) groups excluding carboxylic acids is 1. The largest absolute Gasteiger partial charge is 0.465 e. The molecule has 1 amide bonds. The van der Waals surface area contributed by atoms with E-state index in [0.29, 0.717) is 37.1 Å². The normalized spacial score (nSPS) is 15.8. The minimum atomic E-state index is 0.000549. The monoisotopic (exact) mass is 370 g/mol. The second kappa shape index (κ2) is 7.67. The first kappa shape index (κ1) is 16.7. The maximum absolute atomic E-state index is 12.2. The average Bonchev–Trinajstić information content (AvgIpc) is 3.41. The van der Waals surface area contributed by atoms with E-state index in [9.17, 15) is 4.79 Å². The van der Waals surface area contributed by atoms with Gasteiger partial charge in [0.15, 0.2) is 5.82 Å². The van der Waals surface area contributed by atoms with E-state index in [4.69, 9.17) is 8.94 Å². The van der Waals surface area contributed by atoms with Crippen molar-refractivity contribution in [1.29, 1.82) is 0 Å². The van der Waals surface area contributed by atoms with Crippen LogP contribution in [0.15, 0.2) is 50.9 Å². The standard InChI is InChI=1S/C18H18N4O3S/c23-17(6-5-14-3-1-11-24-14)22-9-7-21(8-10-22)13-16-19-18(25-20-16)15-4-2-12-26-15/h1-6,11-12H,7-10,13H2/b6-5+. The molecule has 0 radical (unpaired) electrons. The van der Waals surface area contributed by atoms with E-state index in [1.807, 2.05) is 28.5 Å². The van der Waals surface area contributed by atoms with Gasteiger partial charge in [0.25, 0.3) is 5.89 Å². The predicted octanol–water partition coefficient (Wildman–Crippen LogP) is 2.75. The number of hydrogen-bond acceptors (Lipinski definition) is 7. The van der Waals surface area contributed by atoms with Gasteiger partial charge < -0.3 is 13.8 Å². The third-order valence-electron chi connectivity index (χ3n) is 4.18. The lowest BCUT2D eigenvalue weighted by Gasteiger charge is -2.33. The van der Waals surface area contributed by atoms with Crippen LogP contribution in [0.5, 0.6) is 0 Å². The Balaban J connectivity index is 1.28. The molecule has 0 atom stereocenters. The Hall–Kier alpha value is -2.71. The summed E-state index contributed by atoms with van der Waals surface area (Å²) in [6, 6.07) is 7.53. The molecular weight excluding hydrogens is 352 g/mol. The van der Waals surface area contributed by atoms with Gasteiger partial charge in [0.1, 0.15) is 5.76 Å². The van der Waals surface area contributed by atoms with Crippen molar-refractivity contribution in [2.45, 2.75) is 6.54 Å². The van der Waals surface area contributed by atoms with Crippen LogP contribution >= 0.6 is 11.3 Å². The molecule has 7 nitrogen and oxygen atoms in total. The van der Waals surface area contributed by atoms with Gasteiger partial charge in [-0.05, 0) is 29.7 Å². The number of carbonyl (C=O) groups is 1. The van der Waals surface area contributed by atoms with E-state index in [2.05, 4.69) is 15.0 Å². The highest BCUT2D eigenvalue weighted by Crippen LogP contribution is 2.22. The fraction of sp³-hybridized carbons (Fsp3) is 0.278. The smallest absolute Gasteiger partial charge is 0.268 e. The molecule has 4 rings (SSSR count). The summed E-state index contributed by atoms with van der Waals surface area (Å²) in [4.78, 5) is 21.7. The molecule has 134 valence electrons. The minimum absolute atomic E-state index is 0.000549. The van der Waals surface area contributed by atoms with Crippen LogP contribution in [0.25, 0.3) is 16.8 Å². The van der Waals surface area contributed by atoms with Crippen LogP contribution in [0.2, 0.25) is 0 Å². The Bertz CT molecular complexity index is 862. The Kier molecular flexibility index (Phi) is 4.94. The summed E-state index contributed by atoms with van der Waals surface area (Å²) in [5.74, 6) is 1.91. The highest BCUT2D eigenvalue weighted by atomic mass is 32.1. The van der Waals surface area contributed by atoms with E-state index in [1.54, 1.807) is 35.8 Å². The van der Waals surface area contributed by atoms with Crippen LogP contribution in [-0.2, 0) is 11.3 Å². The maximum atomic E-state index is 12.2. The molecule has 0 aliphatic carbocycles. The predicted molar refractivity (Wildman–Crippen MR) is 97.2 cm³/mol. The van der Waals surface area contributed by atoms with Crippen molar-refractivity contribution in [3.8, 4) is 10.8 Å². The second-order valence-corrected chi connectivity index (χ2v) is 6.89. The molecule has 8 heteroatoms. The van der Waals surface area contributed by atoms with Crippen molar-refractivity contribution in [2.75, 3.05) is 26.2 Å². The molecule has 0 unspecified atom stereocenters. The highest BCUT2D eigenvalue weighted by molar-refractivity contribution is 7.13. The molecule has 4 heterocycles. The van der Waals surface area contributed by atoms with E-state index < -0.39 is 0 Å². The molecule has 3 aromatic heterocycles. The zero-order valence-electron chi connectivity index (χ0n) is 14.1. The first-order valence-electron chi connectivity index (χ1n) is 8.37. The van der Waals surface area contributed by atoms with Crippen LogP contribution in [0.4, 0.5) is 0 Å². The van der Waals surface area contributed by atoms with Gasteiger partial charge in [-0.2, -0.15) is 4.98 Å². The molecule has 1 aliphatic heterocycles. The summed E-state index contributed by atoms with van der Waals surface area (Å²) in [6.45, 7) is 3.54. The molecule has 0 N–H and O–H groups in total. The summed E-state index contributed by atoms with van der Waals surface area (Å²) in [7, 11) is 0. The first-order chi connectivity index (χ1) is 12.8. The Morgan fingerprint density at radius 2 is 2.12 bits per heavy atom. The van der Waals surface area contributed by atoms with Crippen LogP contribution in [0, 0.1) is 0 Å². The number of thiophene rings is 1. The number of rotatable bonds is 5. The topological polar surface area (TPSA) is 75.6 Å². The van der Waals surface area contributed by atoms with Crippen molar-refractivity contribution < 1.29 is 13.7 Å². The van der Waals surface area contributed by atoms with Crippen molar-refractivity contribution in [1.82, 2.24) is 19.9 Å². The van der Waals surface area contributed by atoms with Gasteiger partial charge >= 0.3 is 0 Å². The third-order valence-corrected chi connectivity index (χ3v) is 5.04. The molecule has 1 fully saturated rings. The summed E-state index contributed by atoms with van der Waals surface area (Å²) in [6.07, 6.45) is 4.84. The van der Waals surface area contributed by atoms with E-state index in [1.165, 1.54) is 0 Å². The van der Waals surface area contributed by atoms with Crippen molar-refractivity contribution >= 4 is 23.3 Å². The Labute approximate surface area is 154 Å². The fourth-order valence-electron chi connectivity index (χ4n) is 2.79. The SMILES string of the molecule is O=C(/C=C/c1ccco1)N1CCN(Cc2noc(-c3cccs3)n2)CC1. The van der Waals surface area contributed by atoms with E-state index in [0.717, 1.165) is 18.0 Å². The molecule has 0 spiro atoms. The quantitative estimate of drug-likeness (QED) is 0.643. The van der Waals surface area contributed by atoms with Gasteiger partial charge in [-0.15, -0.1) is 11.3 Å². The van der Waals surface area contributed by atoms with Gasteiger partial charge in [-0.3, -0.25) is 9.69 Å². The molecule has 0 bridgehead atoms. The van der Waals surface area contributed by atoms with Crippen molar-refractivity contribution in [3.05, 3.63) is 53.6 Å². The first-order valence-corrected chi connectivity index (χ1v) is 9.25. The number of piperazine rings is 1. The molecule has 0 aromatic carbocycles. The highest BCUT2D eigenvalue weighted by Gasteiger charge is 2.21. The molecular formula is C18H18N4O3S. The average molecular weight is 370 g/mol. The minimum Gasteiger partial charge on any atom is -0.465 e. The zero-order chi connectivity index (χ0) is 17.8. The van der Waals surface area contributed by atoms with Crippen LogP contribution in [-0.4, -0.2) is 52.0 Å². The summed E-state index contributed by atoms with van der Waals surface area (Å²) in [5, 5.41) is 6.04. The number of furan rings is 1. The lowest BCUT2D eigenvalue weighted by Crippen LogP contribution is -2.47. The lowest BCUT2D eigenvalue weighted by atomic mass is 10.3. The van der Waals surface area contributed by atoms with Gasteiger partial charge in [0.05, 0.1) is 17.7 Å². The van der Waals surface area contributed by atoms with Crippen LogP contribution in [0.3, 0.4) is 0 Å². The van der Waals surface area contributed by atoms with Gasteiger partial charge in [-0.1, -0.05) is 11.2 Å². The van der Waals surface area contributed by atoms with Crippen molar-refractivity contribution in [3.63, 3.8) is 0 Å². The Morgan fingerprint density at radius 1 is 1.23 bits per heavy atom. The fourth-order valence-corrected chi connectivity index (χ4v) is 3.43. The molecule has 1 saturated heterocycles. The summed E-state index contributed by atoms with van der Waals surface area (Å²) >= 11 is 1.58. The number of hydrogen-bond donors (Lipinski definition) is 0. The van der Waals surface area contributed by atoms with Gasteiger partial charge in [0.2, 0.25) is 5.91 Å². The molecule has 0 saturated carbocycles. The third kappa shape index (κ3) is 3.92. The van der Waals surface area contributed by atoms with Gasteiger partial charge in [-0.25, -0.2) is 0 Å². The lowest BCUT2D eigenvalue weighted by molar-refractivity contribution is -0.127. The van der Waals surface area contributed by atoms with Gasteiger partial charge in [0, 0.05) is 32.3 Å². The zero-order valence-corrected chi connectivity index (χ0v) is 14.9.